The van der Waals surface area contributed by atoms with Crippen molar-refractivity contribution in [3.8, 4) is 0 Å². The molecule has 25 heavy (non-hydrogen) atoms. The fourth-order valence-electron chi connectivity index (χ4n) is 2.97. The minimum Gasteiger partial charge on any atom is -0.443 e. The highest BCUT2D eigenvalue weighted by atomic mass is 16.6. The van der Waals surface area contributed by atoms with Crippen molar-refractivity contribution in [2.75, 3.05) is 0 Å². The van der Waals surface area contributed by atoms with Crippen LogP contribution in [0.2, 0.25) is 0 Å². The van der Waals surface area contributed by atoms with Gasteiger partial charge in [-0.15, -0.1) is 0 Å². The molecular formula is C20H23N3O2. The highest BCUT2D eigenvalue weighted by molar-refractivity contribution is 5.95. The Balaban J connectivity index is 2.02. The third-order valence-electron chi connectivity index (χ3n) is 3.97. The molecule has 1 aliphatic heterocycles. The molecule has 2 N–H and O–H groups in total. The van der Waals surface area contributed by atoms with Crippen LogP contribution in [0, 0.1) is 0 Å². The highest BCUT2D eigenvalue weighted by Gasteiger charge is 2.42. The quantitative estimate of drug-likeness (QED) is 0.899. The van der Waals surface area contributed by atoms with E-state index in [4.69, 9.17) is 10.5 Å². The standard InChI is InChI=1S/C20H23N3O2/c1-20(2,3)25-19(24)23-17(15-12-8-5-9-13-15)16(22-18(23)21)14-10-6-4-7-11-14/h4-13,16-17H,1-3H3,(H2,21,22)/t16-,17+/m0/s1. The maximum absolute atomic E-state index is 12.8. The van der Waals surface area contributed by atoms with Crippen LogP contribution in [0.25, 0.3) is 0 Å². The van der Waals surface area contributed by atoms with E-state index in [1.807, 2.05) is 81.4 Å². The Hall–Kier alpha value is -2.82. The lowest BCUT2D eigenvalue weighted by molar-refractivity contribution is 0.0314. The van der Waals surface area contributed by atoms with Crippen molar-refractivity contribution in [2.24, 2.45) is 10.7 Å². The van der Waals surface area contributed by atoms with Crippen LogP contribution < -0.4 is 5.73 Å². The third kappa shape index (κ3) is 3.65. The minimum absolute atomic E-state index is 0.178. The van der Waals surface area contributed by atoms with Gasteiger partial charge in [0.15, 0.2) is 0 Å². The fraction of sp³-hybridized carbons (Fsp3) is 0.300. The van der Waals surface area contributed by atoms with Crippen LogP contribution in [-0.4, -0.2) is 22.6 Å². The van der Waals surface area contributed by atoms with Crippen molar-refractivity contribution in [2.45, 2.75) is 38.5 Å². The molecule has 0 fully saturated rings. The van der Waals surface area contributed by atoms with Crippen molar-refractivity contribution in [3.63, 3.8) is 0 Å². The Morgan fingerprint density at radius 2 is 1.52 bits per heavy atom. The van der Waals surface area contributed by atoms with Crippen LogP contribution in [0.4, 0.5) is 4.79 Å². The van der Waals surface area contributed by atoms with Gasteiger partial charge in [-0.3, -0.25) is 0 Å². The second kappa shape index (κ2) is 6.59. The summed E-state index contributed by atoms with van der Waals surface area (Å²) in [5.74, 6) is 0.178. The summed E-state index contributed by atoms with van der Waals surface area (Å²) >= 11 is 0. The molecule has 1 aliphatic rings. The van der Waals surface area contributed by atoms with Crippen molar-refractivity contribution in [3.05, 3.63) is 71.8 Å². The summed E-state index contributed by atoms with van der Waals surface area (Å²) in [5, 5.41) is 0. The molecule has 2 aromatic rings. The van der Waals surface area contributed by atoms with E-state index in [0.29, 0.717) is 0 Å². The first-order valence-corrected chi connectivity index (χ1v) is 8.32. The fourth-order valence-corrected chi connectivity index (χ4v) is 2.97. The van der Waals surface area contributed by atoms with E-state index in [1.165, 1.54) is 4.90 Å². The monoisotopic (exact) mass is 337 g/mol. The number of hydrogen-bond acceptors (Lipinski definition) is 4. The van der Waals surface area contributed by atoms with Crippen LogP contribution in [0.15, 0.2) is 65.7 Å². The van der Waals surface area contributed by atoms with Gasteiger partial charge in [-0.05, 0) is 31.9 Å². The lowest BCUT2D eigenvalue weighted by Crippen LogP contribution is -2.44. The van der Waals surface area contributed by atoms with E-state index in [1.54, 1.807) is 0 Å². The van der Waals surface area contributed by atoms with Crippen molar-refractivity contribution in [1.29, 1.82) is 0 Å². The van der Waals surface area contributed by atoms with Gasteiger partial charge in [0.2, 0.25) is 5.96 Å². The number of aliphatic imine (C=N–C) groups is 1. The number of rotatable bonds is 2. The number of nitrogens with two attached hydrogens (primary N) is 1. The summed E-state index contributed by atoms with van der Waals surface area (Å²) in [6.45, 7) is 5.50. The normalized spacial score (nSPS) is 20.3. The number of guanidine groups is 1. The number of carbonyl (C=O) groups is 1. The Morgan fingerprint density at radius 1 is 1.00 bits per heavy atom. The van der Waals surface area contributed by atoms with E-state index in [2.05, 4.69) is 4.99 Å². The Morgan fingerprint density at radius 3 is 2.04 bits per heavy atom. The van der Waals surface area contributed by atoms with Crippen LogP contribution in [0.3, 0.4) is 0 Å². The second-order valence-electron chi connectivity index (χ2n) is 7.05. The molecule has 0 unspecified atom stereocenters. The van der Waals surface area contributed by atoms with E-state index >= 15 is 0 Å². The Kier molecular flexibility index (Phi) is 4.49. The van der Waals surface area contributed by atoms with Gasteiger partial charge in [-0.25, -0.2) is 14.7 Å². The van der Waals surface area contributed by atoms with Gasteiger partial charge in [-0.1, -0.05) is 60.7 Å². The third-order valence-corrected chi connectivity index (χ3v) is 3.97. The lowest BCUT2D eigenvalue weighted by atomic mass is 9.94. The SMILES string of the molecule is CC(C)(C)OC(=O)N1C(N)=N[C@@H](c2ccccc2)[C@H]1c1ccccc1. The topological polar surface area (TPSA) is 67.9 Å². The summed E-state index contributed by atoms with van der Waals surface area (Å²) in [6.07, 6.45) is -0.485. The first kappa shape index (κ1) is 17.0. The van der Waals surface area contributed by atoms with Crippen molar-refractivity contribution in [1.82, 2.24) is 4.90 Å². The number of benzene rings is 2. The van der Waals surface area contributed by atoms with Crippen molar-refractivity contribution >= 4 is 12.1 Å². The molecule has 0 bridgehead atoms. The molecule has 130 valence electrons. The molecule has 0 aliphatic carbocycles. The molecule has 1 heterocycles. The van der Waals surface area contributed by atoms with Gasteiger partial charge >= 0.3 is 6.09 Å². The summed E-state index contributed by atoms with van der Waals surface area (Å²) in [6, 6.07) is 19.0. The average Bonchev–Trinajstić information content (AvgIpc) is 2.92. The van der Waals surface area contributed by atoms with Gasteiger partial charge in [0.25, 0.3) is 0 Å². The number of amides is 1. The highest BCUT2D eigenvalue weighted by Crippen LogP contribution is 2.41. The zero-order valence-corrected chi connectivity index (χ0v) is 14.7. The molecule has 0 radical (unpaired) electrons. The first-order valence-electron chi connectivity index (χ1n) is 8.32. The van der Waals surface area contributed by atoms with Crippen molar-refractivity contribution < 1.29 is 9.53 Å². The van der Waals surface area contributed by atoms with E-state index in [9.17, 15) is 4.79 Å². The maximum Gasteiger partial charge on any atom is 0.417 e. The molecular weight excluding hydrogens is 314 g/mol. The largest absolute Gasteiger partial charge is 0.443 e. The number of nitrogens with zero attached hydrogens (tertiary/aromatic N) is 2. The first-order chi connectivity index (χ1) is 11.9. The molecule has 3 rings (SSSR count). The van der Waals surface area contributed by atoms with Crippen LogP contribution in [0.5, 0.6) is 0 Å². The molecule has 5 nitrogen and oxygen atoms in total. The summed E-state index contributed by atoms with van der Waals surface area (Å²) in [7, 11) is 0. The predicted octanol–water partition coefficient (Wildman–Crippen LogP) is 4.03. The molecule has 1 amide bonds. The maximum atomic E-state index is 12.8. The second-order valence-corrected chi connectivity index (χ2v) is 7.05. The smallest absolute Gasteiger partial charge is 0.417 e. The Bertz CT molecular complexity index is 767. The summed E-state index contributed by atoms with van der Waals surface area (Å²) < 4.78 is 5.55. The molecule has 0 spiro atoms. The number of hydrogen-bond donors (Lipinski definition) is 1. The average molecular weight is 337 g/mol. The molecule has 2 aromatic carbocycles. The zero-order valence-electron chi connectivity index (χ0n) is 14.7. The van der Waals surface area contributed by atoms with Crippen LogP contribution >= 0.6 is 0 Å². The molecule has 0 saturated heterocycles. The minimum atomic E-state index is -0.608. The van der Waals surface area contributed by atoms with E-state index in [0.717, 1.165) is 11.1 Å². The Labute approximate surface area is 148 Å². The lowest BCUT2D eigenvalue weighted by Gasteiger charge is -2.30. The summed E-state index contributed by atoms with van der Waals surface area (Å²) in [5.41, 5.74) is 7.49. The number of carbonyl (C=O) groups excluding carboxylic acids is 1. The molecule has 0 saturated carbocycles. The van der Waals surface area contributed by atoms with Crippen LogP contribution in [0.1, 0.15) is 44.0 Å². The molecule has 0 aromatic heterocycles. The van der Waals surface area contributed by atoms with Gasteiger partial charge < -0.3 is 10.5 Å². The van der Waals surface area contributed by atoms with Gasteiger partial charge in [0.05, 0.1) is 6.04 Å². The predicted molar refractivity (Wildman–Crippen MR) is 98.1 cm³/mol. The zero-order chi connectivity index (χ0) is 18.0. The van der Waals surface area contributed by atoms with Gasteiger partial charge in [0, 0.05) is 0 Å². The van der Waals surface area contributed by atoms with Gasteiger partial charge in [0.1, 0.15) is 11.6 Å². The van der Waals surface area contributed by atoms with E-state index < -0.39 is 11.7 Å². The van der Waals surface area contributed by atoms with Gasteiger partial charge in [-0.2, -0.15) is 0 Å². The molecule has 5 heteroatoms. The number of ether oxygens (including phenoxy) is 1. The van der Waals surface area contributed by atoms with Crippen LogP contribution in [-0.2, 0) is 4.74 Å². The summed E-state index contributed by atoms with van der Waals surface area (Å²) in [4.78, 5) is 18.8. The van der Waals surface area contributed by atoms with E-state index in [-0.39, 0.29) is 18.0 Å². The molecule has 2 atom stereocenters.